The monoisotopic (exact) mass is 571 g/mol. The first-order valence-corrected chi connectivity index (χ1v) is 14.4. The van der Waals surface area contributed by atoms with E-state index in [0.29, 0.717) is 22.3 Å². The molecule has 0 bridgehead atoms. The maximum atomic E-state index is 14.4. The van der Waals surface area contributed by atoms with E-state index in [9.17, 15) is 18.8 Å². The fourth-order valence-corrected chi connectivity index (χ4v) is 6.16. The molecule has 2 aliphatic rings. The number of carbonyl (C=O) groups excluding carboxylic acids is 3. The van der Waals surface area contributed by atoms with Gasteiger partial charge in [0.25, 0.3) is 5.91 Å². The zero-order valence-electron chi connectivity index (χ0n) is 23.6. The molecule has 3 amide bonds. The molecule has 3 aromatic heterocycles. The summed E-state index contributed by atoms with van der Waals surface area (Å²) < 4.78 is 18.2. The normalized spacial score (nSPS) is 18.9. The molecule has 42 heavy (non-hydrogen) atoms. The van der Waals surface area contributed by atoms with E-state index in [0.717, 1.165) is 42.6 Å². The largest absolute Gasteiger partial charge is 0.366 e. The molecule has 10 nitrogen and oxygen atoms in total. The minimum absolute atomic E-state index is 0.109. The van der Waals surface area contributed by atoms with Crippen molar-refractivity contribution in [3.63, 3.8) is 0 Å². The van der Waals surface area contributed by atoms with Crippen molar-refractivity contribution in [2.24, 2.45) is 5.73 Å². The lowest BCUT2D eigenvalue weighted by molar-refractivity contribution is -0.139. The molecule has 5 heterocycles. The van der Waals surface area contributed by atoms with Crippen molar-refractivity contribution in [1.82, 2.24) is 24.2 Å². The van der Waals surface area contributed by atoms with Crippen molar-refractivity contribution in [2.75, 3.05) is 11.9 Å². The number of hydrogen-bond donors (Lipinski definition) is 2. The van der Waals surface area contributed by atoms with Crippen LogP contribution in [0, 0.1) is 6.92 Å². The highest BCUT2D eigenvalue weighted by atomic mass is 19.1. The van der Waals surface area contributed by atoms with E-state index in [2.05, 4.69) is 15.4 Å². The summed E-state index contributed by atoms with van der Waals surface area (Å²) >= 11 is 0. The fourth-order valence-electron chi connectivity index (χ4n) is 6.16. The van der Waals surface area contributed by atoms with Crippen molar-refractivity contribution in [3.05, 3.63) is 65.7 Å². The summed E-state index contributed by atoms with van der Waals surface area (Å²) in [5.74, 6) is -0.964. The van der Waals surface area contributed by atoms with Crippen LogP contribution in [0.4, 0.5) is 10.2 Å². The Morgan fingerprint density at radius 3 is 2.76 bits per heavy atom. The highest BCUT2D eigenvalue weighted by Gasteiger charge is 2.34. The Bertz CT molecular complexity index is 1680. The number of primary amides is 1. The lowest BCUT2D eigenvalue weighted by atomic mass is 9.99. The van der Waals surface area contributed by atoms with Gasteiger partial charge in [0.2, 0.25) is 11.8 Å². The maximum Gasteiger partial charge on any atom is 0.250 e. The number of fused-ring (bicyclic) bond motifs is 2. The van der Waals surface area contributed by atoms with Gasteiger partial charge in [0.1, 0.15) is 24.6 Å². The van der Waals surface area contributed by atoms with Crippen LogP contribution < -0.4 is 11.1 Å². The van der Waals surface area contributed by atoms with Gasteiger partial charge in [0.05, 0.1) is 11.8 Å². The predicted molar refractivity (Wildman–Crippen MR) is 156 cm³/mol. The van der Waals surface area contributed by atoms with E-state index in [4.69, 9.17) is 5.73 Å². The molecule has 2 aliphatic heterocycles. The van der Waals surface area contributed by atoms with Crippen LogP contribution in [-0.4, -0.2) is 60.7 Å². The number of aryl methyl sites for hydroxylation is 2. The van der Waals surface area contributed by atoms with Crippen molar-refractivity contribution < 1.29 is 18.8 Å². The zero-order chi connectivity index (χ0) is 29.4. The second-order valence-electron chi connectivity index (χ2n) is 11.2. The minimum atomic E-state index is -1.10. The first kappa shape index (κ1) is 27.6. The lowest BCUT2D eigenvalue weighted by Gasteiger charge is -2.29. The van der Waals surface area contributed by atoms with Crippen LogP contribution in [-0.2, 0) is 29.1 Å². The minimum Gasteiger partial charge on any atom is -0.366 e. The van der Waals surface area contributed by atoms with E-state index in [1.54, 1.807) is 22.9 Å². The number of nitrogens with zero attached hydrogens (tertiary/aromatic N) is 5. The summed E-state index contributed by atoms with van der Waals surface area (Å²) in [4.78, 5) is 45.3. The van der Waals surface area contributed by atoms with Gasteiger partial charge in [-0.2, -0.15) is 5.10 Å². The van der Waals surface area contributed by atoms with Gasteiger partial charge in [-0.05, 0) is 75.3 Å². The Kier molecular flexibility index (Phi) is 7.49. The molecule has 2 atom stereocenters. The predicted octanol–water partition coefficient (Wildman–Crippen LogP) is 4.00. The van der Waals surface area contributed by atoms with Gasteiger partial charge in [0.15, 0.2) is 0 Å². The molecule has 6 rings (SSSR count). The average molecular weight is 572 g/mol. The van der Waals surface area contributed by atoms with Gasteiger partial charge in [-0.15, -0.1) is 0 Å². The molecule has 11 heteroatoms. The summed E-state index contributed by atoms with van der Waals surface area (Å²) in [6.07, 6.45) is 6.02. The van der Waals surface area contributed by atoms with Gasteiger partial charge >= 0.3 is 0 Å². The first-order chi connectivity index (χ1) is 20.3. The van der Waals surface area contributed by atoms with Gasteiger partial charge in [-0.3, -0.25) is 19.1 Å². The SMILES string of the molecule is Cc1cccc(NC(=O)[C@@H]2CCC(F)CCN2C(=O)Cn2cc(C(N)=O)c3cc(-c4cnn5c4CCCC5)ccc32)n1. The standard InChI is InChI=1S/C31H34FN7O3/c1-19-5-4-7-28(35-19)36-31(42)27-11-9-21(32)12-14-38(27)29(40)18-37-17-24(30(33)41)22-15-20(8-10-25(22)37)23-16-34-39-13-3-2-6-26(23)39/h4-5,7-8,10,15-17,21,27H,2-3,6,9,11-14,18H2,1H3,(H2,33,41)(H,35,36,42)/t21?,27-/m0/s1. The van der Waals surface area contributed by atoms with Crippen molar-refractivity contribution >= 4 is 34.4 Å². The fraction of sp³-hybridized carbons (Fsp3) is 0.387. The van der Waals surface area contributed by atoms with Crippen molar-refractivity contribution in [1.29, 1.82) is 0 Å². The Balaban J connectivity index is 1.29. The Morgan fingerprint density at radius 1 is 1.10 bits per heavy atom. The van der Waals surface area contributed by atoms with Crippen LogP contribution in [0.5, 0.6) is 0 Å². The molecule has 3 N–H and O–H groups in total. The van der Waals surface area contributed by atoms with E-state index in [1.807, 2.05) is 42.1 Å². The van der Waals surface area contributed by atoms with Crippen LogP contribution in [0.2, 0.25) is 0 Å². The third-order valence-corrected chi connectivity index (χ3v) is 8.32. The molecule has 1 aromatic carbocycles. The number of likely N-dealkylation sites (tertiary alicyclic amines) is 1. The second kappa shape index (κ2) is 11.4. The Morgan fingerprint density at radius 2 is 1.95 bits per heavy atom. The molecule has 0 aliphatic carbocycles. The molecule has 0 saturated carbocycles. The number of benzene rings is 1. The highest BCUT2D eigenvalue weighted by Crippen LogP contribution is 2.32. The molecule has 0 radical (unpaired) electrons. The number of amides is 3. The van der Waals surface area contributed by atoms with Crippen LogP contribution in [0.3, 0.4) is 0 Å². The molecular formula is C31H34FN7O3. The Hall–Kier alpha value is -4.54. The number of hydrogen-bond acceptors (Lipinski definition) is 5. The molecule has 1 unspecified atom stereocenters. The summed E-state index contributed by atoms with van der Waals surface area (Å²) in [6, 6.07) is 10.2. The second-order valence-corrected chi connectivity index (χ2v) is 11.2. The maximum absolute atomic E-state index is 14.4. The van der Waals surface area contributed by atoms with Crippen molar-refractivity contribution in [2.45, 2.75) is 70.8 Å². The Labute approximate surface area is 242 Å². The summed E-state index contributed by atoms with van der Waals surface area (Å²) in [5, 5.41) is 7.97. The number of pyridine rings is 1. The summed E-state index contributed by atoms with van der Waals surface area (Å²) in [5.41, 5.74) is 10.6. The number of nitrogens with two attached hydrogens (primary N) is 1. The van der Waals surface area contributed by atoms with Crippen LogP contribution in [0.25, 0.3) is 22.0 Å². The number of nitrogens with one attached hydrogen (secondary N) is 1. The molecular weight excluding hydrogens is 537 g/mol. The van der Waals surface area contributed by atoms with E-state index < -0.39 is 24.0 Å². The van der Waals surface area contributed by atoms with E-state index in [1.165, 1.54) is 10.6 Å². The molecule has 1 saturated heterocycles. The van der Waals surface area contributed by atoms with Gasteiger partial charge in [0, 0.05) is 47.1 Å². The number of rotatable bonds is 6. The molecule has 1 fully saturated rings. The quantitative estimate of drug-likeness (QED) is 0.362. The molecule has 218 valence electrons. The smallest absolute Gasteiger partial charge is 0.250 e. The number of aromatic nitrogens is 4. The summed E-state index contributed by atoms with van der Waals surface area (Å²) in [7, 11) is 0. The van der Waals surface area contributed by atoms with Crippen LogP contribution in [0.15, 0.2) is 48.8 Å². The highest BCUT2D eigenvalue weighted by molar-refractivity contribution is 6.07. The van der Waals surface area contributed by atoms with Crippen LogP contribution >= 0.6 is 0 Å². The molecule has 0 spiro atoms. The molecule has 4 aromatic rings. The number of anilines is 1. The first-order valence-electron chi connectivity index (χ1n) is 14.4. The third kappa shape index (κ3) is 5.38. The van der Waals surface area contributed by atoms with E-state index >= 15 is 0 Å². The van der Waals surface area contributed by atoms with Gasteiger partial charge in [-0.1, -0.05) is 12.1 Å². The van der Waals surface area contributed by atoms with Gasteiger partial charge in [-0.25, -0.2) is 9.37 Å². The topological polar surface area (TPSA) is 128 Å². The number of carbonyl (C=O) groups is 3. The zero-order valence-corrected chi connectivity index (χ0v) is 23.6. The van der Waals surface area contributed by atoms with E-state index in [-0.39, 0.29) is 38.3 Å². The number of alkyl halides is 1. The van der Waals surface area contributed by atoms with Crippen molar-refractivity contribution in [3.8, 4) is 11.1 Å². The van der Waals surface area contributed by atoms with Crippen LogP contribution in [0.1, 0.15) is 53.8 Å². The average Bonchev–Trinajstić information content (AvgIpc) is 3.49. The lowest BCUT2D eigenvalue weighted by Crippen LogP contribution is -2.48. The van der Waals surface area contributed by atoms with Gasteiger partial charge < -0.3 is 20.5 Å². The third-order valence-electron chi connectivity index (χ3n) is 8.32. The summed E-state index contributed by atoms with van der Waals surface area (Å²) in [6.45, 7) is 2.69. The number of halogens is 1.